The summed E-state index contributed by atoms with van der Waals surface area (Å²) in [5.74, 6) is 2.38. The molecule has 2 fully saturated rings. The molecule has 166 valence electrons. The number of hydrogen-bond acceptors (Lipinski definition) is 6. The van der Waals surface area contributed by atoms with Gasteiger partial charge in [-0.3, -0.25) is 4.79 Å². The highest BCUT2D eigenvalue weighted by Gasteiger charge is 2.23. The Balaban J connectivity index is 1.47. The van der Waals surface area contributed by atoms with Gasteiger partial charge in [0.05, 0.1) is 18.9 Å². The van der Waals surface area contributed by atoms with E-state index in [2.05, 4.69) is 43.1 Å². The number of carbonyl (C=O) groups excluding carboxylic acids is 1. The summed E-state index contributed by atoms with van der Waals surface area (Å²) in [7, 11) is 0. The van der Waals surface area contributed by atoms with Crippen molar-refractivity contribution in [1.29, 1.82) is 0 Å². The second-order valence-electron chi connectivity index (χ2n) is 9.39. The molecule has 1 amide bonds. The van der Waals surface area contributed by atoms with E-state index in [1.807, 2.05) is 18.2 Å². The second kappa shape index (κ2) is 9.57. The summed E-state index contributed by atoms with van der Waals surface area (Å²) in [5.41, 5.74) is 2.80. The Kier molecular flexibility index (Phi) is 6.82. The van der Waals surface area contributed by atoms with Gasteiger partial charge in [0.2, 0.25) is 0 Å². The SMILES string of the molecule is CC(C)(C)c1cc(N2CCOCC2)nc(SCc2cccc(C(=O)NCC3CC3)c2)n1. The average Bonchev–Trinajstić information content (AvgIpc) is 3.61. The molecule has 1 aliphatic heterocycles. The molecular formula is C24H32N4O2S. The van der Waals surface area contributed by atoms with Gasteiger partial charge in [-0.25, -0.2) is 9.97 Å². The van der Waals surface area contributed by atoms with Gasteiger partial charge in [0.25, 0.3) is 5.91 Å². The first-order valence-corrected chi connectivity index (χ1v) is 12.1. The van der Waals surface area contributed by atoms with Crippen LogP contribution in [0.25, 0.3) is 0 Å². The Morgan fingerprint density at radius 2 is 1.97 bits per heavy atom. The normalized spacial score (nSPS) is 16.9. The Hall–Kier alpha value is -2.12. The lowest BCUT2D eigenvalue weighted by atomic mass is 9.92. The molecule has 0 atom stereocenters. The summed E-state index contributed by atoms with van der Waals surface area (Å²) in [6, 6.07) is 9.98. The van der Waals surface area contributed by atoms with Crippen LogP contribution in [0.4, 0.5) is 5.82 Å². The first kappa shape index (κ1) is 22.1. The van der Waals surface area contributed by atoms with Crippen LogP contribution in [0.5, 0.6) is 0 Å². The maximum atomic E-state index is 12.4. The van der Waals surface area contributed by atoms with Crippen molar-refractivity contribution in [2.24, 2.45) is 5.92 Å². The molecule has 4 rings (SSSR count). The zero-order valence-corrected chi connectivity index (χ0v) is 19.5. The molecule has 0 spiro atoms. The third kappa shape index (κ3) is 6.20. The maximum Gasteiger partial charge on any atom is 0.251 e. The Morgan fingerprint density at radius 1 is 1.19 bits per heavy atom. The van der Waals surface area contributed by atoms with Crippen LogP contribution in [0.1, 0.15) is 55.2 Å². The van der Waals surface area contributed by atoms with E-state index in [9.17, 15) is 4.79 Å². The van der Waals surface area contributed by atoms with Crippen molar-refractivity contribution in [3.05, 3.63) is 47.2 Å². The Bertz CT molecular complexity index is 918. The zero-order valence-electron chi connectivity index (χ0n) is 18.7. The number of thioether (sulfide) groups is 1. The lowest BCUT2D eigenvalue weighted by Crippen LogP contribution is -2.37. The highest BCUT2D eigenvalue weighted by Crippen LogP contribution is 2.29. The summed E-state index contributed by atoms with van der Waals surface area (Å²) < 4.78 is 5.50. The number of aromatic nitrogens is 2. The molecular weight excluding hydrogens is 408 g/mol. The van der Waals surface area contributed by atoms with Crippen LogP contribution in [-0.2, 0) is 15.9 Å². The van der Waals surface area contributed by atoms with Gasteiger partial charge in [-0.15, -0.1) is 0 Å². The summed E-state index contributed by atoms with van der Waals surface area (Å²) in [6.45, 7) is 10.5. The molecule has 31 heavy (non-hydrogen) atoms. The fourth-order valence-electron chi connectivity index (χ4n) is 3.43. The largest absolute Gasteiger partial charge is 0.378 e. The second-order valence-corrected chi connectivity index (χ2v) is 10.3. The van der Waals surface area contributed by atoms with Crippen LogP contribution in [0.3, 0.4) is 0 Å². The standard InChI is InChI=1S/C24H32N4O2S/c1-24(2,3)20-14-21(28-9-11-30-12-10-28)27-23(26-20)31-16-18-5-4-6-19(13-18)22(29)25-15-17-7-8-17/h4-6,13-14,17H,7-12,15-16H2,1-3H3,(H,25,29). The number of nitrogens with one attached hydrogen (secondary N) is 1. The lowest BCUT2D eigenvalue weighted by Gasteiger charge is -2.29. The van der Waals surface area contributed by atoms with Gasteiger partial charge < -0.3 is 15.0 Å². The molecule has 1 N–H and O–H groups in total. The van der Waals surface area contributed by atoms with Gasteiger partial charge >= 0.3 is 0 Å². The maximum absolute atomic E-state index is 12.4. The summed E-state index contributed by atoms with van der Waals surface area (Å²) in [5, 5.41) is 3.82. The van der Waals surface area contributed by atoms with E-state index in [1.165, 1.54) is 12.8 Å². The third-order valence-electron chi connectivity index (χ3n) is 5.60. The summed E-state index contributed by atoms with van der Waals surface area (Å²) in [4.78, 5) is 24.4. The quantitative estimate of drug-likeness (QED) is 0.518. The average molecular weight is 441 g/mol. The van der Waals surface area contributed by atoms with Crippen molar-refractivity contribution in [3.63, 3.8) is 0 Å². The number of morpholine rings is 1. The topological polar surface area (TPSA) is 67.3 Å². The molecule has 2 aliphatic rings. The number of nitrogens with zero attached hydrogens (tertiary/aromatic N) is 3. The number of amides is 1. The number of anilines is 1. The van der Waals surface area contributed by atoms with E-state index < -0.39 is 0 Å². The molecule has 2 heterocycles. The fraction of sp³-hybridized carbons (Fsp3) is 0.542. The van der Waals surface area contributed by atoms with E-state index in [0.29, 0.717) is 5.92 Å². The highest BCUT2D eigenvalue weighted by atomic mass is 32.2. The van der Waals surface area contributed by atoms with Crippen molar-refractivity contribution >= 4 is 23.5 Å². The molecule has 1 saturated heterocycles. The van der Waals surface area contributed by atoms with Crippen LogP contribution in [-0.4, -0.2) is 48.7 Å². The van der Waals surface area contributed by atoms with Gasteiger partial charge in [-0.05, 0) is 36.5 Å². The summed E-state index contributed by atoms with van der Waals surface area (Å²) in [6.07, 6.45) is 2.47. The molecule has 0 bridgehead atoms. The van der Waals surface area contributed by atoms with Crippen molar-refractivity contribution in [2.75, 3.05) is 37.7 Å². The van der Waals surface area contributed by atoms with E-state index in [4.69, 9.17) is 14.7 Å². The van der Waals surface area contributed by atoms with Crippen LogP contribution < -0.4 is 10.2 Å². The molecule has 6 nitrogen and oxygen atoms in total. The van der Waals surface area contributed by atoms with Crippen LogP contribution in [0.2, 0.25) is 0 Å². The molecule has 2 aromatic rings. The number of carbonyl (C=O) groups is 1. The first-order chi connectivity index (χ1) is 14.9. The Morgan fingerprint density at radius 3 is 2.68 bits per heavy atom. The lowest BCUT2D eigenvalue weighted by molar-refractivity contribution is 0.0951. The van der Waals surface area contributed by atoms with Crippen LogP contribution in [0, 0.1) is 5.92 Å². The molecule has 1 saturated carbocycles. The zero-order chi connectivity index (χ0) is 21.8. The van der Waals surface area contributed by atoms with Gasteiger partial charge in [-0.2, -0.15) is 0 Å². The highest BCUT2D eigenvalue weighted by molar-refractivity contribution is 7.98. The van der Waals surface area contributed by atoms with E-state index >= 15 is 0 Å². The smallest absolute Gasteiger partial charge is 0.251 e. The first-order valence-electron chi connectivity index (χ1n) is 11.1. The minimum absolute atomic E-state index is 0.0133. The van der Waals surface area contributed by atoms with E-state index in [1.54, 1.807) is 11.8 Å². The van der Waals surface area contributed by atoms with Crippen molar-refractivity contribution < 1.29 is 9.53 Å². The minimum atomic E-state index is -0.0567. The number of ether oxygens (including phenoxy) is 1. The predicted octanol–water partition coefficient (Wildman–Crippen LogP) is 4.04. The van der Waals surface area contributed by atoms with Crippen molar-refractivity contribution in [3.8, 4) is 0 Å². The molecule has 7 heteroatoms. The fourth-order valence-corrected chi connectivity index (χ4v) is 4.22. The number of hydrogen-bond donors (Lipinski definition) is 1. The molecule has 1 aliphatic carbocycles. The Labute approximate surface area is 189 Å². The monoisotopic (exact) mass is 440 g/mol. The van der Waals surface area contributed by atoms with E-state index in [-0.39, 0.29) is 11.3 Å². The minimum Gasteiger partial charge on any atom is -0.378 e. The van der Waals surface area contributed by atoms with Gasteiger partial charge in [0.15, 0.2) is 5.16 Å². The van der Waals surface area contributed by atoms with Crippen molar-refractivity contribution in [2.45, 2.75) is 49.9 Å². The van der Waals surface area contributed by atoms with Crippen LogP contribution in [0.15, 0.2) is 35.5 Å². The third-order valence-corrected chi connectivity index (χ3v) is 6.52. The molecule has 1 aromatic carbocycles. The summed E-state index contributed by atoms with van der Waals surface area (Å²) >= 11 is 1.62. The van der Waals surface area contributed by atoms with Gasteiger partial charge in [-0.1, -0.05) is 44.7 Å². The molecule has 1 aromatic heterocycles. The molecule has 0 unspecified atom stereocenters. The van der Waals surface area contributed by atoms with Gasteiger partial charge in [0, 0.05) is 42.4 Å². The van der Waals surface area contributed by atoms with Crippen molar-refractivity contribution in [1.82, 2.24) is 15.3 Å². The number of rotatable bonds is 7. The predicted molar refractivity (Wildman–Crippen MR) is 125 cm³/mol. The van der Waals surface area contributed by atoms with Crippen LogP contribution >= 0.6 is 11.8 Å². The molecule has 0 radical (unpaired) electrons. The van der Waals surface area contributed by atoms with E-state index in [0.717, 1.165) is 66.4 Å². The van der Waals surface area contributed by atoms with Gasteiger partial charge in [0.1, 0.15) is 5.82 Å². The number of benzene rings is 1.